The molecule has 0 spiro atoms. The van der Waals surface area contributed by atoms with E-state index in [1.807, 2.05) is 0 Å². The minimum Gasteiger partial charge on any atom is -0.548 e. The van der Waals surface area contributed by atoms with Crippen molar-refractivity contribution >= 4 is 23.7 Å². The van der Waals surface area contributed by atoms with Crippen LogP contribution >= 0.6 is 12.0 Å². The Bertz CT molecular complexity index is 648. The molecule has 168 valence electrons. The second-order valence-electron chi connectivity index (χ2n) is 8.01. The Morgan fingerprint density at radius 2 is 1.63 bits per heavy atom. The third-order valence-electron chi connectivity index (χ3n) is 5.60. The maximum Gasteiger partial charge on any atom is 0.285 e. The molecule has 1 aromatic rings. The molecule has 2 aliphatic carbocycles. The van der Waals surface area contributed by atoms with Crippen LogP contribution in [0.2, 0.25) is 0 Å². The van der Waals surface area contributed by atoms with Gasteiger partial charge in [-0.25, -0.2) is 0 Å². The van der Waals surface area contributed by atoms with Gasteiger partial charge in [0.05, 0.1) is 35.6 Å². The molecular weight excluding hydrogens is 406 g/mol. The lowest BCUT2D eigenvalue weighted by Crippen LogP contribution is -2.95. The maximum atomic E-state index is 10.6. The number of carbonyl (C=O) groups is 1. The van der Waals surface area contributed by atoms with E-state index >= 15 is 0 Å². The quantitative estimate of drug-likeness (QED) is 0.359. The van der Waals surface area contributed by atoms with Gasteiger partial charge in [0.15, 0.2) is 0 Å². The van der Waals surface area contributed by atoms with Crippen LogP contribution in [0.1, 0.15) is 64.2 Å². The van der Waals surface area contributed by atoms with Gasteiger partial charge in [-0.2, -0.15) is 0 Å². The number of hydrogen-bond acceptors (Lipinski definition) is 7. The fourth-order valence-corrected chi connectivity index (χ4v) is 4.66. The molecule has 2 fully saturated rings. The predicted octanol–water partition coefficient (Wildman–Crippen LogP) is 1.91. The lowest BCUT2D eigenvalue weighted by Gasteiger charge is -2.27. The first kappa shape index (κ1) is 24.6. The number of carbonyl (C=O) groups excluding carboxylic acids is 1. The molecule has 2 aliphatic rings. The summed E-state index contributed by atoms with van der Waals surface area (Å²) in [6.07, 6.45) is 15.0. The monoisotopic (exact) mass is 439 g/mol. The fraction of sp³-hybridized carbons (Fsp3) is 0.667. The molecule has 8 nitrogen and oxygen atoms in total. The fourth-order valence-electron chi connectivity index (χ4n) is 3.96. The molecule has 0 radical (unpaired) electrons. The number of carboxylic acid groups (broad SMARTS) is 1. The average molecular weight is 440 g/mol. The molecule has 30 heavy (non-hydrogen) atoms. The van der Waals surface area contributed by atoms with E-state index < -0.39 is 16.9 Å². The first-order chi connectivity index (χ1) is 14.5. The number of rotatable bonds is 8. The van der Waals surface area contributed by atoms with Gasteiger partial charge in [-0.1, -0.05) is 25.0 Å². The van der Waals surface area contributed by atoms with Crippen LogP contribution in [0.5, 0.6) is 0 Å². The van der Waals surface area contributed by atoms with E-state index in [0.29, 0.717) is 12.0 Å². The lowest BCUT2D eigenvalue weighted by molar-refractivity contribution is -0.725. The molecule has 0 aliphatic heterocycles. The zero-order valence-corrected chi connectivity index (χ0v) is 18.2. The number of quaternary nitrogens is 1. The zero-order chi connectivity index (χ0) is 21.8. The third-order valence-corrected chi connectivity index (χ3v) is 6.38. The number of nitro benzene ring substituents is 1. The molecule has 2 saturated carbocycles. The number of hydrogen-bond donors (Lipinski definition) is 2. The summed E-state index contributed by atoms with van der Waals surface area (Å²) in [4.78, 5) is 20.6. The second-order valence-corrected chi connectivity index (χ2v) is 8.85. The van der Waals surface area contributed by atoms with Crippen LogP contribution in [-0.4, -0.2) is 35.6 Å². The van der Waals surface area contributed by atoms with Crippen molar-refractivity contribution in [2.45, 2.75) is 87.2 Å². The summed E-state index contributed by atoms with van der Waals surface area (Å²) in [5.74, 6) is -1.44. The van der Waals surface area contributed by atoms with E-state index in [9.17, 15) is 20.0 Å². The van der Waals surface area contributed by atoms with Crippen molar-refractivity contribution < 1.29 is 24.3 Å². The smallest absolute Gasteiger partial charge is 0.285 e. The largest absolute Gasteiger partial charge is 0.548 e. The summed E-state index contributed by atoms with van der Waals surface area (Å²) in [5.41, 5.74) is 5.03. The van der Waals surface area contributed by atoms with E-state index in [1.54, 1.807) is 6.07 Å². The zero-order valence-electron chi connectivity index (χ0n) is 17.4. The van der Waals surface area contributed by atoms with Crippen molar-refractivity contribution in [1.29, 1.82) is 0 Å². The molecule has 0 bridgehead atoms. The Morgan fingerprint density at radius 1 is 1.10 bits per heavy atom. The van der Waals surface area contributed by atoms with Crippen LogP contribution in [0.25, 0.3) is 0 Å². The molecule has 4 N–H and O–H groups in total. The number of nitrogens with zero attached hydrogens (tertiary/aromatic N) is 1. The average Bonchev–Trinajstić information content (AvgIpc) is 2.76. The van der Waals surface area contributed by atoms with E-state index in [2.05, 4.69) is 5.32 Å². The first-order valence-corrected chi connectivity index (χ1v) is 11.6. The highest BCUT2D eigenvalue weighted by atomic mass is 32.2. The van der Waals surface area contributed by atoms with Crippen molar-refractivity contribution in [3.05, 3.63) is 34.4 Å². The first-order valence-electron chi connectivity index (χ1n) is 10.8. The molecule has 0 amide bonds. The van der Waals surface area contributed by atoms with Gasteiger partial charge in [0.2, 0.25) is 0 Å². The molecule has 3 rings (SSSR count). The Hall–Kier alpha value is -1.68. The van der Waals surface area contributed by atoms with Crippen molar-refractivity contribution in [3.8, 4) is 0 Å². The molecule has 0 aromatic heterocycles. The Labute approximate surface area is 182 Å². The Kier molecular flexibility index (Phi) is 11.1. The summed E-state index contributed by atoms with van der Waals surface area (Å²) in [6, 6.07) is 6.68. The van der Waals surface area contributed by atoms with Crippen molar-refractivity contribution in [2.24, 2.45) is 5.73 Å². The molecule has 1 atom stereocenters. The molecule has 0 unspecified atom stereocenters. The van der Waals surface area contributed by atoms with E-state index in [1.165, 1.54) is 82.4 Å². The minimum absolute atomic E-state index is 0.112. The van der Waals surface area contributed by atoms with Crippen LogP contribution in [0, 0.1) is 10.1 Å². The summed E-state index contributed by atoms with van der Waals surface area (Å²) in [5, 5.41) is 23.6. The lowest BCUT2D eigenvalue weighted by atomic mass is 9.91. The Morgan fingerprint density at radius 3 is 2.13 bits per heavy atom. The van der Waals surface area contributed by atoms with E-state index in [-0.39, 0.29) is 17.2 Å². The number of aliphatic carboxylic acids is 1. The number of nitro groups is 1. The molecule has 0 heterocycles. The molecule has 0 saturated heterocycles. The summed E-state index contributed by atoms with van der Waals surface area (Å²) in [7, 11) is 0. The minimum atomic E-state index is -1.44. The highest BCUT2D eigenvalue weighted by Gasteiger charge is 2.22. The van der Waals surface area contributed by atoms with Gasteiger partial charge in [-0.3, -0.25) is 10.1 Å². The van der Waals surface area contributed by atoms with E-state index in [0.717, 1.165) is 12.1 Å². The van der Waals surface area contributed by atoms with Gasteiger partial charge >= 0.3 is 0 Å². The summed E-state index contributed by atoms with van der Waals surface area (Å²) < 4.78 is 4.90. The molecular formula is C21H33N3O5S. The van der Waals surface area contributed by atoms with Crippen LogP contribution in [0.3, 0.4) is 0 Å². The predicted molar refractivity (Wildman–Crippen MR) is 114 cm³/mol. The molecule has 1 aromatic carbocycles. The van der Waals surface area contributed by atoms with Crippen LogP contribution in [0.15, 0.2) is 29.2 Å². The standard InChI is InChI=1S/C12H23N.C9H10N2O5S/c1-3-7-11(8-4-1)13-12-9-5-2-6-10-12;10-6(9(12)13)5-16-17-8-4-2-1-3-7(8)11(14)15/h11-13H,1-10H2;1-4,6H,5,10H2,(H,12,13)/t;6-/m.0/s1. The third kappa shape index (κ3) is 8.99. The summed E-state index contributed by atoms with van der Waals surface area (Å²) >= 11 is 0.708. The van der Waals surface area contributed by atoms with Gasteiger partial charge in [-0.15, -0.1) is 0 Å². The van der Waals surface area contributed by atoms with Crippen molar-refractivity contribution in [2.75, 3.05) is 6.61 Å². The topological polar surface area (TPSA) is 135 Å². The molecule has 9 heteroatoms. The number of nitrogens with two attached hydrogens (primary N) is 2. The van der Waals surface area contributed by atoms with Crippen molar-refractivity contribution in [1.82, 2.24) is 0 Å². The van der Waals surface area contributed by atoms with Crippen LogP contribution < -0.4 is 16.2 Å². The normalized spacial score (nSPS) is 18.8. The van der Waals surface area contributed by atoms with Gasteiger partial charge in [0.1, 0.15) is 4.90 Å². The number of carboxylic acids is 1. The van der Waals surface area contributed by atoms with Crippen LogP contribution in [0.4, 0.5) is 5.69 Å². The van der Waals surface area contributed by atoms with Gasteiger partial charge < -0.3 is 25.1 Å². The van der Waals surface area contributed by atoms with E-state index in [4.69, 9.17) is 9.92 Å². The van der Waals surface area contributed by atoms with Gasteiger partial charge in [0.25, 0.3) is 5.69 Å². The highest BCUT2D eigenvalue weighted by Crippen LogP contribution is 2.29. The van der Waals surface area contributed by atoms with Crippen LogP contribution in [-0.2, 0) is 8.98 Å². The number of para-hydroxylation sites is 1. The summed E-state index contributed by atoms with van der Waals surface area (Å²) in [6.45, 7) is -0.293. The second kappa shape index (κ2) is 13.6. The van der Waals surface area contributed by atoms with Gasteiger partial charge in [0, 0.05) is 18.1 Å². The SMILES string of the molecule is C1CCC([NH2+]C2CCCCC2)CC1.N[C@@H](COSc1ccccc1[N+](=O)[O-])C(=O)[O-]. The Balaban J connectivity index is 0.000000220. The maximum absolute atomic E-state index is 10.6. The van der Waals surface area contributed by atoms with Crippen molar-refractivity contribution in [3.63, 3.8) is 0 Å². The highest BCUT2D eigenvalue weighted by molar-refractivity contribution is 7.94. The van der Waals surface area contributed by atoms with Gasteiger partial charge in [-0.05, 0) is 57.4 Å². The number of benzene rings is 1.